The van der Waals surface area contributed by atoms with Crippen molar-refractivity contribution < 1.29 is 26.7 Å². The predicted molar refractivity (Wildman–Crippen MR) is 504 cm³/mol. The molecule has 684 valence electrons. The molecule has 0 saturated heterocycles. The zero-order valence-corrected chi connectivity index (χ0v) is 77.0. The van der Waals surface area contributed by atoms with E-state index in [1.165, 1.54) is 44.5 Å². The van der Waals surface area contributed by atoms with E-state index in [1.54, 1.807) is 0 Å². The van der Waals surface area contributed by atoms with Gasteiger partial charge in [-0.25, -0.2) is 8.78 Å². The second-order valence-electron chi connectivity index (χ2n) is 36.9. The number of aliphatic imine (C=N–C) groups is 5. The van der Waals surface area contributed by atoms with Crippen LogP contribution in [0, 0.1) is 5.92 Å². The summed E-state index contributed by atoms with van der Waals surface area (Å²) in [6.45, 7) is 51.2. The van der Waals surface area contributed by atoms with Crippen LogP contribution in [0.2, 0.25) is 0 Å². The number of carbonyl (C=O) groups excluding carboxylic acids is 1. The molecule has 29 heteroatoms. The van der Waals surface area contributed by atoms with Gasteiger partial charge in [0.05, 0.1) is 12.6 Å². The lowest BCUT2D eigenvalue weighted by atomic mass is 9.86. The van der Waals surface area contributed by atoms with Crippen molar-refractivity contribution in [1.82, 2.24) is 31.9 Å². The average molecular weight is 1710 g/mol. The number of guanidine groups is 5. The number of hydrogen-bond donors (Lipinski definition) is 18. The number of hydrogen-bond acceptors (Lipinski definition) is 13. The summed E-state index contributed by atoms with van der Waals surface area (Å²) in [7, 11) is 0. The molecule has 0 saturated carbocycles. The van der Waals surface area contributed by atoms with Crippen LogP contribution in [0.15, 0.2) is 171 Å². The van der Waals surface area contributed by atoms with Crippen LogP contribution >= 0.6 is 0 Å². The zero-order valence-electron chi connectivity index (χ0n) is 77.0. The maximum atomic E-state index is 13.0. The van der Waals surface area contributed by atoms with Crippen LogP contribution in [-0.2, 0) is 58.7 Å². The molecule has 0 bridgehead atoms. The Bertz CT molecular complexity index is 3890. The van der Waals surface area contributed by atoms with E-state index in [2.05, 4.69) is 268 Å². The highest BCUT2D eigenvalue weighted by atomic mass is 19.4. The van der Waals surface area contributed by atoms with Gasteiger partial charge in [-0.15, -0.1) is 0 Å². The molecule has 0 aliphatic rings. The second-order valence-corrected chi connectivity index (χ2v) is 36.9. The Balaban J connectivity index is 0.000000734. The van der Waals surface area contributed by atoms with Crippen molar-refractivity contribution >= 4 is 35.7 Å². The number of nitrogens with zero attached hydrogens (tertiary/aromatic N) is 5. The third-order valence-corrected chi connectivity index (χ3v) is 19.2. The average Bonchev–Trinajstić information content (AvgIpc) is 1.11. The molecule has 0 aliphatic carbocycles. The Kier molecular flexibility index (Phi) is 49.7. The van der Waals surface area contributed by atoms with E-state index in [4.69, 9.17) is 68.8 Å². The largest absolute Gasteiger partial charge is 0.403 e. The zero-order chi connectivity index (χ0) is 92.8. The summed E-state index contributed by atoms with van der Waals surface area (Å²) in [4.78, 5) is 31.0. The number of benzene rings is 6. The summed E-state index contributed by atoms with van der Waals surface area (Å²) in [5.74, 6) is 0.517. The molecule has 5 atom stereocenters. The normalized spacial score (nSPS) is 12.9. The molecule has 0 aliphatic heterocycles. The van der Waals surface area contributed by atoms with Gasteiger partial charge in [0.2, 0.25) is 0 Å². The third-order valence-electron chi connectivity index (χ3n) is 19.2. The van der Waals surface area contributed by atoms with Crippen molar-refractivity contribution in [2.45, 2.75) is 260 Å². The molecule has 24 nitrogen and oxygen atoms in total. The van der Waals surface area contributed by atoms with Crippen molar-refractivity contribution in [3.8, 4) is 0 Å². The van der Waals surface area contributed by atoms with Crippen molar-refractivity contribution in [3.63, 3.8) is 0 Å². The van der Waals surface area contributed by atoms with E-state index in [1.807, 2.05) is 72.8 Å². The van der Waals surface area contributed by atoms with E-state index in [0.29, 0.717) is 63.3 Å². The van der Waals surface area contributed by atoms with Crippen LogP contribution in [0.25, 0.3) is 0 Å². The molecule has 122 heavy (non-hydrogen) atoms. The van der Waals surface area contributed by atoms with E-state index in [-0.39, 0.29) is 107 Å². The molecular formula is C93H156F5N23O. The number of nitrogens with one attached hydrogen (secondary N) is 6. The Morgan fingerprint density at radius 2 is 0.713 bits per heavy atom. The molecule has 5 unspecified atom stereocenters. The van der Waals surface area contributed by atoms with Gasteiger partial charge < -0.3 is 101 Å². The van der Waals surface area contributed by atoms with Gasteiger partial charge in [0.1, 0.15) is 6.04 Å². The minimum absolute atomic E-state index is 0.0145. The van der Waals surface area contributed by atoms with Crippen LogP contribution in [0.3, 0.4) is 0 Å². The van der Waals surface area contributed by atoms with Gasteiger partial charge in [0.25, 0.3) is 12.3 Å². The molecule has 6 aromatic rings. The molecule has 0 spiro atoms. The van der Waals surface area contributed by atoms with E-state index in [0.717, 1.165) is 55.7 Å². The molecule has 1 amide bonds. The number of carbonyl (C=O) groups is 1. The number of amides is 1. The van der Waals surface area contributed by atoms with Gasteiger partial charge in [0.15, 0.2) is 29.8 Å². The number of nitrogens with two attached hydrogens (primary N) is 12. The topological polar surface area (TPSA) is 463 Å². The van der Waals surface area contributed by atoms with Crippen molar-refractivity contribution in [3.05, 3.63) is 212 Å². The Morgan fingerprint density at radius 3 is 1.07 bits per heavy atom. The highest BCUT2D eigenvalue weighted by Gasteiger charge is 2.39. The monoisotopic (exact) mass is 1710 g/mol. The van der Waals surface area contributed by atoms with Crippen LogP contribution < -0.4 is 101 Å². The molecule has 30 N–H and O–H groups in total. The fraction of sp³-hybridized carbons (Fsp3) is 0.548. The second kappa shape index (κ2) is 54.9. The summed E-state index contributed by atoms with van der Waals surface area (Å²) < 4.78 is 64.9. The maximum absolute atomic E-state index is 13.0. The van der Waals surface area contributed by atoms with E-state index in [9.17, 15) is 26.7 Å². The van der Waals surface area contributed by atoms with Crippen molar-refractivity contribution in [1.29, 1.82) is 0 Å². The fourth-order valence-corrected chi connectivity index (χ4v) is 11.3. The van der Waals surface area contributed by atoms with Crippen molar-refractivity contribution in [2.75, 3.05) is 65.4 Å². The first-order valence-electron chi connectivity index (χ1n) is 42.1. The number of alkyl halides is 5. The molecular weight excluding hydrogens is 1550 g/mol. The molecule has 6 rings (SSSR count). The highest BCUT2D eigenvalue weighted by molar-refractivity contribution is 5.94. The summed E-state index contributed by atoms with van der Waals surface area (Å²) in [6.07, 6.45) is -5.07. The third kappa shape index (κ3) is 50.8. The Hall–Kier alpha value is -9.49. The molecule has 0 aromatic heterocycles. The lowest BCUT2D eigenvalue weighted by Crippen LogP contribution is -2.42. The van der Waals surface area contributed by atoms with Crippen LogP contribution in [0.5, 0.6) is 0 Å². The van der Waals surface area contributed by atoms with Crippen LogP contribution in [-0.4, -0.2) is 132 Å². The summed E-state index contributed by atoms with van der Waals surface area (Å²) in [5.41, 5.74) is 78.4. The van der Waals surface area contributed by atoms with E-state index < -0.39 is 24.7 Å². The standard InChI is InChI=1S/C16H25F3N4.C16H26F2N4.2C16H28N4.C15H27N5.C14H22N2O/c1-15(2,3)12-6-4-11(5-7-12)10-23-13(16(17,18)19)8-9-22-14(20)21;1-16(2,3)12-6-4-11(5-7-12)10-22-13(14(17)18)8-9-21-15(19)20;1-12(19-10-5-11-20-15(17)18)13-6-8-14(9-7-13)16(2,3)4;1-12(10-20-15(17)18)9-19-11-13-5-7-14(8-6-13)16(2,3)4;1-15(2,3)12-6-4-11(5-7-12)8-19-9-13(16)10-20-14(17)18;1-14(2,3)12-7-5-11(6-8-12)13(17)16-10-4-9-15/h4-7,13,23H,8-10H2,1-3H3,(H4,20,21,22);4-7,13-14,22H,8-10H2,1-3H3,(H4,19,20,21);6-9,12,19H,5,10-11H2,1-4H3,(H4,17,18,20);5-8,12,19H,9-11H2,1-4H3,(H4,17,18,20);4-7,13,19H,8-10,16H2,1-3H3,(H4,17,18,20);5-8H,4,9-10,15H2,1-3H3,(H,16,17). The number of halogens is 5. The van der Waals surface area contributed by atoms with Gasteiger partial charge >= 0.3 is 6.18 Å². The van der Waals surface area contributed by atoms with Gasteiger partial charge in [-0.1, -0.05) is 265 Å². The van der Waals surface area contributed by atoms with Gasteiger partial charge in [0, 0.05) is 83.1 Å². The fourth-order valence-electron chi connectivity index (χ4n) is 11.3. The first kappa shape index (κ1) is 111. The highest BCUT2D eigenvalue weighted by Crippen LogP contribution is 2.29. The number of rotatable bonds is 35. The minimum atomic E-state index is -4.34. The van der Waals surface area contributed by atoms with Crippen LogP contribution in [0.1, 0.15) is 242 Å². The lowest BCUT2D eigenvalue weighted by molar-refractivity contribution is -0.157. The minimum Gasteiger partial charge on any atom is -0.370 e. The van der Waals surface area contributed by atoms with Crippen LogP contribution in [0.4, 0.5) is 22.0 Å². The lowest BCUT2D eigenvalue weighted by Gasteiger charge is -2.22. The summed E-state index contributed by atoms with van der Waals surface area (Å²) >= 11 is 0. The molecule has 0 heterocycles. The smallest absolute Gasteiger partial charge is 0.370 e. The quantitative estimate of drug-likeness (QED) is 0.00760. The van der Waals surface area contributed by atoms with Gasteiger partial charge in [-0.3, -0.25) is 29.8 Å². The van der Waals surface area contributed by atoms with E-state index >= 15 is 0 Å². The molecule has 6 aromatic carbocycles. The summed E-state index contributed by atoms with van der Waals surface area (Å²) in [6, 6.07) is 47.3. The molecule has 0 radical (unpaired) electrons. The first-order chi connectivity index (χ1) is 56.5. The SMILES string of the molecule is CC(C)(C)c1ccc(C(=O)NCCCN)cc1.CC(C)(C)c1ccc(CNC(CCN=C(N)N)C(F)(F)F)cc1.CC(C)(C)c1ccc(CNC(CCN=C(N)N)C(F)F)cc1.CC(C)(C)c1ccc(CNCC(N)CN=C(N)N)cc1.CC(CN=C(N)N)CNCc1ccc(C(C)(C)C)cc1.CC(NCCCN=C(N)N)c1ccc(C(C)(C)C)cc1. The first-order valence-corrected chi connectivity index (χ1v) is 42.1. The van der Waals surface area contributed by atoms with Gasteiger partial charge in [-0.05, 0) is 164 Å². The predicted octanol–water partition coefficient (Wildman–Crippen LogP) is 12.1. The molecule has 0 fully saturated rings. The van der Waals surface area contributed by atoms with Gasteiger partial charge in [-0.2, -0.15) is 13.2 Å². The Labute approximate surface area is 727 Å². The maximum Gasteiger partial charge on any atom is 0.403 e. The summed E-state index contributed by atoms with van der Waals surface area (Å²) in [5, 5.41) is 18.5. The van der Waals surface area contributed by atoms with Crippen molar-refractivity contribution in [2.24, 2.45) is 99.7 Å². The Morgan fingerprint density at radius 1 is 0.385 bits per heavy atom.